The molecule has 1 atom stereocenters. The molecule has 0 fully saturated rings. The minimum atomic E-state index is -1.09. The van der Waals surface area contributed by atoms with Crippen molar-refractivity contribution in [2.75, 3.05) is 0 Å². The van der Waals surface area contributed by atoms with Crippen molar-refractivity contribution in [2.24, 2.45) is 5.92 Å². The number of carboxylic acid groups (broad SMARTS) is 1. The zero-order chi connectivity index (χ0) is 21.6. The minimum absolute atomic E-state index is 0.0349. The van der Waals surface area contributed by atoms with Gasteiger partial charge >= 0.3 is 5.97 Å². The van der Waals surface area contributed by atoms with Gasteiger partial charge in [-0.1, -0.05) is 32.9 Å². The van der Waals surface area contributed by atoms with Gasteiger partial charge in [-0.25, -0.2) is 13.7 Å². The number of carbonyl (C=O) groups is 1. The van der Waals surface area contributed by atoms with Crippen molar-refractivity contribution >= 4 is 22.6 Å². The summed E-state index contributed by atoms with van der Waals surface area (Å²) in [5.74, 6) is -1.73. The molecule has 0 spiro atoms. The number of pyridine rings is 1. The lowest BCUT2D eigenvalue weighted by atomic mass is 10.0. The number of aryl methyl sites for hydroxylation is 1. The molecular formula is C21H20FN5O3. The van der Waals surface area contributed by atoms with Gasteiger partial charge in [-0.05, 0) is 36.1 Å². The van der Waals surface area contributed by atoms with Gasteiger partial charge in [0.25, 0.3) is 5.56 Å². The molecule has 0 saturated carbocycles. The van der Waals surface area contributed by atoms with Crippen molar-refractivity contribution < 1.29 is 14.3 Å². The Morgan fingerprint density at radius 2 is 1.87 bits per heavy atom. The predicted molar refractivity (Wildman–Crippen MR) is 109 cm³/mol. The van der Waals surface area contributed by atoms with Gasteiger partial charge in [-0.3, -0.25) is 9.36 Å². The number of hydrogen-bond donors (Lipinski definition) is 1. The smallest absolute Gasteiger partial charge is 0.327 e. The Balaban J connectivity index is 1.99. The first kappa shape index (κ1) is 19.7. The highest BCUT2D eigenvalue weighted by atomic mass is 19.1. The SMILES string of the molecule is CCc1nn2c(nnc3c(=O)n([C@@H](C(=O)O)C(C)C)ccc32)c1-c1ccc(F)cc1. The number of nitrogens with zero attached hydrogens (tertiary/aromatic N) is 5. The highest BCUT2D eigenvalue weighted by Gasteiger charge is 2.26. The Labute approximate surface area is 170 Å². The fourth-order valence-electron chi connectivity index (χ4n) is 3.71. The first-order chi connectivity index (χ1) is 14.3. The molecule has 3 aromatic heterocycles. The molecule has 0 aliphatic heterocycles. The van der Waals surface area contributed by atoms with Crippen molar-refractivity contribution in [3.05, 3.63) is 58.4 Å². The van der Waals surface area contributed by atoms with E-state index in [0.29, 0.717) is 17.6 Å². The summed E-state index contributed by atoms with van der Waals surface area (Å²) in [5.41, 5.74) is 2.57. The van der Waals surface area contributed by atoms with Gasteiger partial charge in [-0.2, -0.15) is 5.10 Å². The molecule has 0 aliphatic rings. The summed E-state index contributed by atoms with van der Waals surface area (Å²) in [6.07, 6.45) is 2.05. The third kappa shape index (κ3) is 3.02. The van der Waals surface area contributed by atoms with E-state index >= 15 is 0 Å². The summed E-state index contributed by atoms with van der Waals surface area (Å²) in [4.78, 5) is 24.7. The fraction of sp³-hybridized carbons (Fsp3) is 0.286. The van der Waals surface area contributed by atoms with Gasteiger partial charge in [0.15, 0.2) is 11.2 Å². The Morgan fingerprint density at radius 3 is 2.47 bits per heavy atom. The molecule has 8 nitrogen and oxygen atoms in total. The average Bonchev–Trinajstić information content (AvgIpc) is 3.09. The van der Waals surface area contributed by atoms with Crippen LogP contribution in [0.4, 0.5) is 4.39 Å². The molecule has 0 aliphatic carbocycles. The highest BCUT2D eigenvalue weighted by molar-refractivity contribution is 5.84. The van der Waals surface area contributed by atoms with Gasteiger partial charge in [0.1, 0.15) is 17.4 Å². The highest BCUT2D eigenvalue weighted by Crippen LogP contribution is 2.29. The lowest BCUT2D eigenvalue weighted by Gasteiger charge is -2.19. The summed E-state index contributed by atoms with van der Waals surface area (Å²) in [5, 5.41) is 22.5. The molecule has 1 N–H and O–H groups in total. The number of carboxylic acids is 1. The van der Waals surface area contributed by atoms with E-state index in [1.165, 1.54) is 27.4 Å². The van der Waals surface area contributed by atoms with Gasteiger partial charge < -0.3 is 5.11 Å². The summed E-state index contributed by atoms with van der Waals surface area (Å²) >= 11 is 0. The average molecular weight is 409 g/mol. The van der Waals surface area contributed by atoms with Crippen molar-refractivity contribution in [1.82, 2.24) is 24.4 Å². The van der Waals surface area contributed by atoms with Crippen LogP contribution in [0.3, 0.4) is 0 Å². The third-order valence-corrected chi connectivity index (χ3v) is 5.13. The maximum Gasteiger partial charge on any atom is 0.327 e. The minimum Gasteiger partial charge on any atom is -0.480 e. The molecule has 154 valence electrons. The molecule has 30 heavy (non-hydrogen) atoms. The van der Waals surface area contributed by atoms with Crippen molar-refractivity contribution in [2.45, 2.75) is 33.2 Å². The summed E-state index contributed by atoms with van der Waals surface area (Å²) < 4.78 is 16.1. The predicted octanol–water partition coefficient (Wildman–Crippen LogP) is 3.09. The Hall–Kier alpha value is -3.62. The van der Waals surface area contributed by atoms with E-state index in [1.54, 1.807) is 32.0 Å². The van der Waals surface area contributed by atoms with Crippen LogP contribution in [0.5, 0.6) is 0 Å². The number of benzene rings is 1. The van der Waals surface area contributed by atoms with E-state index < -0.39 is 17.6 Å². The second-order valence-corrected chi connectivity index (χ2v) is 7.41. The maximum absolute atomic E-state index is 13.4. The molecule has 4 rings (SSSR count). The third-order valence-electron chi connectivity index (χ3n) is 5.13. The Morgan fingerprint density at radius 1 is 1.17 bits per heavy atom. The Kier molecular flexibility index (Phi) is 4.81. The van der Waals surface area contributed by atoms with Crippen LogP contribution >= 0.6 is 0 Å². The molecule has 0 saturated heterocycles. The lowest BCUT2D eigenvalue weighted by Crippen LogP contribution is -2.33. The van der Waals surface area contributed by atoms with Crippen molar-refractivity contribution in [3.63, 3.8) is 0 Å². The molecule has 9 heteroatoms. The second-order valence-electron chi connectivity index (χ2n) is 7.41. The fourth-order valence-corrected chi connectivity index (χ4v) is 3.71. The number of aromatic nitrogens is 5. The largest absolute Gasteiger partial charge is 0.480 e. The Bertz CT molecular complexity index is 1320. The maximum atomic E-state index is 13.4. The van der Waals surface area contributed by atoms with Crippen LogP contribution in [0, 0.1) is 11.7 Å². The van der Waals surface area contributed by atoms with Crippen molar-refractivity contribution in [3.8, 4) is 11.1 Å². The van der Waals surface area contributed by atoms with Crippen LogP contribution in [0.1, 0.15) is 32.5 Å². The number of rotatable bonds is 5. The molecule has 0 radical (unpaired) electrons. The van der Waals surface area contributed by atoms with Gasteiger partial charge in [0.05, 0.1) is 11.3 Å². The van der Waals surface area contributed by atoms with Crippen LogP contribution in [-0.4, -0.2) is 35.5 Å². The zero-order valence-corrected chi connectivity index (χ0v) is 16.7. The van der Waals surface area contributed by atoms with Crippen LogP contribution in [0.2, 0.25) is 0 Å². The van der Waals surface area contributed by atoms with E-state index in [4.69, 9.17) is 0 Å². The van der Waals surface area contributed by atoms with Crippen molar-refractivity contribution in [1.29, 1.82) is 0 Å². The summed E-state index contributed by atoms with van der Waals surface area (Å²) in [6.45, 7) is 5.41. The van der Waals surface area contributed by atoms with E-state index in [9.17, 15) is 19.1 Å². The van der Waals surface area contributed by atoms with Gasteiger partial charge in [0.2, 0.25) is 0 Å². The molecule has 4 aromatic rings. The second kappa shape index (κ2) is 7.33. The molecule has 3 heterocycles. The number of fused-ring (bicyclic) bond motifs is 3. The first-order valence-electron chi connectivity index (χ1n) is 9.61. The van der Waals surface area contributed by atoms with Crippen LogP contribution in [-0.2, 0) is 11.2 Å². The number of hydrogen-bond acceptors (Lipinski definition) is 5. The molecular weight excluding hydrogens is 389 g/mol. The van der Waals surface area contributed by atoms with Crippen LogP contribution in [0.15, 0.2) is 41.3 Å². The topological polar surface area (TPSA) is 102 Å². The first-order valence-corrected chi connectivity index (χ1v) is 9.61. The number of halogens is 1. The zero-order valence-electron chi connectivity index (χ0n) is 16.7. The summed E-state index contributed by atoms with van der Waals surface area (Å²) in [7, 11) is 0. The van der Waals surface area contributed by atoms with Gasteiger partial charge in [0, 0.05) is 6.20 Å². The van der Waals surface area contributed by atoms with E-state index in [1.807, 2.05) is 6.92 Å². The molecule has 0 bridgehead atoms. The van der Waals surface area contributed by atoms with Crippen LogP contribution in [0.25, 0.3) is 27.8 Å². The van der Waals surface area contributed by atoms with Gasteiger partial charge in [-0.15, -0.1) is 10.2 Å². The monoisotopic (exact) mass is 409 g/mol. The quantitative estimate of drug-likeness (QED) is 0.543. The normalized spacial score (nSPS) is 12.7. The lowest BCUT2D eigenvalue weighted by molar-refractivity contribution is -0.142. The molecule has 0 unspecified atom stereocenters. The van der Waals surface area contributed by atoms with E-state index in [2.05, 4.69) is 15.3 Å². The van der Waals surface area contributed by atoms with E-state index in [0.717, 1.165) is 16.8 Å². The van der Waals surface area contributed by atoms with Crippen LogP contribution < -0.4 is 5.56 Å². The molecule has 1 aromatic carbocycles. The number of aliphatic carboxylic acids is 1. The summed E-state index contributed by atoms with van der Waals surface area (Å²) in [6, 6.07) is 6.63. The standard InChI is InChI=1S/C21H20FN5O3/c1-4-14-16(12-5-7-13(22)8-6-12)19-24-23-17-15(27(19)25-14)9-10-26(20(17)28)18(11(2)3)21(29)30/h5-11,18H,4H2,1-3H3,(H,29,30)/t18-/m1/s1. The molecule has 0 amide bonds. The van der Waals surface area contributed by atoms with E-state index in [-0.39, 0.29) is 17.3 Å².